The molecule has 0 fully saturated rings. The Bertz CT molecular complexity index is 418. The van der Waals surface area contributed by atoms with Gasteiger partial charge in [0, 0.05) is 4.47 Å². The molecule has 0 unspecified atom stereocenters. The van der Waals surface area contributed by atoms with Crippen molar-refractivity contribution in [3.05, 3.63) is 27.5 Å². The number of aldehydes is 1. The van der Waals surface area contributed by atoms with Crippen LogP contribution in [-0.4, -0.2) is 11.3 Å². The Morgan fingerprint density at radius 2 is 1.94 bits per heavy atom. The van der Waals surface area contributed by atoms with Crippen LogP contribution in [0.3, 0.4) is 0 Å². The van der Waals surface area contributed by atoms with Crippen molar-refractivity contribution in [3.8, 4) is 0 Å². The summed E-state index contributed by atoms with van der Waals surface area (Å²) in [5.74, 6) is 0. The van der Waals surface area contributed by atoms with Crippen LogP contribution in [0.5, 0.6) is 0 Å². The van der Waals surface area contributed by atoms with Crippen LogP contribution in [0.25, 0.3) is 0 Å². The summed E-state index contributed by atoms with van der Waals surface area (Å²) in [6, 6.07) is 0.684. The second-order valence-corrected chi connectivity index (χ2v) is 3.56. The second kappa shape index (κ2) is 4.44. The van der Waals surface area contributed by atoms with Gasteiger partial charge in [-0.15, -0.1) is 0 Å². The lowest BCUT2D eigenvalue weighted by Crippen LogP contribution is -2.14. The lowest BCUT2D eigenvalue weighted by molar-refractivity contribution is -0.141. The molecule has 0 bridgehead atoms. The van der Waals surface area contributed by atoms with Crippen LogP contribution >= 0.6 is 15.9 Å². The SMILES string of the molecule is O=Cc1c(Br)cc(C(F)F)nc1C(F)(F)F. The summed E-state index contributed by atoms with van der Waals surface area (Å²) in [5.41, 5.74) is -3.45. The van der Waals surface area contributed by atoms with Crippen molar-refractivity contribution in [1.29, 1.82) is 0 Å². The minimum atomic E-state index is -4.95. The van der Waals surface area contributed by atoms with E-state index in [1.165, 1.54) is 0 Å². The number of hydrogen-bond acceptors (Lipinski definition) is 2. The van der Waals surface area contributed by atoms with E-state index in [4.69, 9.17) is 0 Å². The molecule has 0 aliphatic carbocycles. The maximum Gasteiger partial charge on any atom is 0.434 e. The molecule has 1 aromatic heterocycles. The number of aromatic nitrogens is 1. The zero-order chi connectivity index (χ0) is 12.5. The van der Waals surface area contributed by atoms with E-state index in [1.54, 1.807) is 0 Å². The Hall–Kier alpha value is -1.05. The quantitative estimate of drug-likeness (QED) is 0.617. The molecular weight excluding hydrogens is 301 g/mol. The average Bonchev–Trinajstić information content (AvgIpc) is 2.14. The van der Waals surface area contributed by atoms with Crippen LogP contribution in [0.2, 0.25) is 0 Å². The molecule has 0 saturated heterocycles. The van der Waals surface area contributed by atoms with Crippen LogP contribution in [0, 0.1) is 0 Å². The van der Waals surface area contributed by atoms with Crippen LogP contribution in [0.1, 0.15) is 28.2 Å². The number of carbonyl (C=O) groups is 1. The highest BCUT2D eigenvalue weighted by atomic mass is 79.9. The molecule has 0 aliphatic rings. The zero-order valence-electron chi connectivity index (χ0n) is 7.36. The number of alkyl halides is 5. The van der Waals surface area contributed by atoms with E-state index in [1.807, 2.05) is 0 Å². The molecule has 1 rings (SSSR count). The molecule has 8 heteroatoms. The van der Waals surface area contributed by atoms with Crippen LogP contribution in [0.15, 0.2) is 10.5 Å². The molecular formula is C8H3BrF5NO. The second-order valence-electron chi connectivity index (χ2n) is 2.71. The fourth-order valence-corrected chi connectivity index (χ4v) is 1.50. The van der Waals surface area contributed by atoms with Gasteiger partial charge in [-0.1, -0.05) is 0 Å². The number of rotatable bonds is 2. The number of nitrogens with zero attached hydrogens (tertiary/aromatic N) is 1. The highest BCUT2D eigenvalue weighted by Crippen LogP contribution is 2.34. The Balaban J connectivity index is 3.49. The summed E-state index contributed by atoms with van der Waals surface area (Å²) in [5, 5.41) is 0. The summed E-state index contributed by atoms with van der Waals surface area (Å²) in [4.78, 5) is 13.2. The fraction of sp³-hybridized carbons (Fsp3) is 0.250. The first-order valence-corrected chi connectivity index (χ1v) is 4.57. The maximum atomic E-state index is 12.4. The topological polar surface area (TPSA) is 30.0 Å². The maximum absolute atomic E-state index is 12.4. The largest absolute Gasteiger partial charge is 0.434 e. The molecule has 0 aliphatic heterocycles. The van der Waals surface area contributed by atoms with E-state index in [-0.39, 0.29) is 10.8 Å². The van der Waals surface area contributed by atoms with Gasteiger partial charge in [0.25, 0.3) is 6.43 Å². The predicted molar refractivity (Wildman–Crippen MR) is 47.3 cm³/mol. The molecule has 2 nitrogen and oxygen atoms in total. The zero-order valence-corrected chi connectivity index (χ0v) is 8.94. The first-order chi connectivity index (χ1) is 7.27. The molecule has 0 N–H and O–H groups in total. The van der Waals surface area contributed by atoms with Crippen molar-refractivity contribution in [2.75, 3.05) is 0 Å². The minimum absolute atomic E-state index is 0.0881. The molecule has 16 heavy (non-hydrogen) atoms. The van der Waals surface area contributed by atoms with Crippen molar-refractivity contribution in [2.24, 2.45) is 0 Å². The van der Waals surface area contributed by atoms with E-state index in [9.17, 15) is 26.7 Å². The number of carbonyl (C=O) groups excluding carboxylic acids is 1. The van der Waals surface area contributed by atoms with Crippen molar-refractivity contribution < 1.29 is 26.7 Å². The van der Waals surface area contributed by atoms with Gasteiger partial charge in [0.05, 0.1) is 5.56 Å². The summed E-state index contributed by atoms with van der Waals surface area (Å²) in [6.07, 6.45) is -8.18. The highest BCUT2D eigenvalue weighted by Gasteiger charge is 2.37. The lowest BCUT2D eigenvalue weighted by atomic mass is 10.2. The summed E-state index contributed by atoms with van der Waals surface area (Å²) < 4.78 is 61.2. The first kappa shape index (κ1) is 13.0. The third-order valence-electron chi connectivity index (χ3n) is 1.64. The van der Waals surface area contributed by atoms with Gasteiger partial charge in [-0.3, -0.25) is 4.79 Å². The van der Waals surface area contributed by atoms with Gasteiger partial charge in [-0.25, -0.2) is 13.8 Å². The third kappa shape index (κ3) is 2.55. The van der Waals surface area contributed by atoms with E-state index in [0.29, 0.717) is 6.07 Å². The Morgan fingerprint density at radius 3 is 2.31 bits per heavy atom. The summed E-state index contributed by atoms with van der Waals surface area (Å²) in [7, 11) is 0. The monoisotopic (exact) mass is 303 g/mol. The van der Waals surface area contributed by atoms with E-state index in [2.05, 4.69) is 20.9 Å². The first-order valence-electron chi connectivity index (χ1n) is 3.78. The smallest absolute Gasteiger partial charge is 0.298 e. The van der Waals surface area contributed by atoms with Gasteiger partial charge >= 0.3 is 6.18 Å². The molecule has 1 heterocycles. The summed E-state index contributed by atoms with van der Waals surface area (Å²) >= 11 is 2.61. The van der Waals surface area contributed by atoms with Gasteiger partial charge in [0.15, 0.2) is 12.0 Å². The number of halogens is 6. The molecule has 0 aromatic carbocycles. The fourth-order valence-electron chi connectivity index (χ4n) is 0.982. The molecule has 0 spiro atoms. The van der Waals surface area contributed by atoms with Crippen molar-refractivity contribution in [1.82, 2.24) is 4.98 Å². The normalized spacial score (nSPS) is 11.9. The number of pyridine rings is 1. The van der Waals surface area contributed by atoms with Crippen LogP contribution in [0.4, 0.5) is 22.0 Å². The molecule has 0 radical (unpaired) electrons. The van der Waals surface area contributed by atoms with Gasteiger partial charge in [-0.05, 0) is 22.0 Å². The van der Waals surface area contributed by atoms with Crippen molar-refractivity contribution in [2.45, 2.75) is 12.6 Å². The number of hydrogen-bond donors (Lipinski definition) is 0. The van der Waals surface area contributed by atoms with E-state index >= 15 is 0 Å². The standard InChI is InChI=1S/C8H3BrF5NO/c9-4-1-5(7(10)11)15-6(3(4)2-16)8(12,13)14/h1-2,7H. The molecule has 88 valence electrons. The van der Waals surface area contributed by atoms with Gasteiger partial charge in [0.1, 0.15) is 5.69 Å². The Morgan fingerprint density at radius 1 is 1.38 bits per heavy atom. The Labute approximate surface area is 94.6 Å². The summed E-state index contributed by atoms with van der Waals surface area (Å²) in [6.45, 7) is 0. The van der Waals surface area contributed by atoms with Gasteiger partial charge in [-0.2, -0.15) is 13.2 Å². The molecule has 0 atom stereocenters. The molecule has 1 aromatic rings. The van der Waals surface area contributed by atoms with Crippen molar-refractivity contribution >= 4 is 22.2 Å². The van der Waals surface area contributed by atoms with Crippen molar-refractivity contribution in [3.63, 3.8) is 0 Å². The molecule has 0 amide bonds. The van der Waals surface area contributed by atoms with Crippen LogP contribution < -0.4 is 0 Å². The Kier molecular flexibility index (Phi) is 3.61. The van der Waals surface area contributed by atoms with E-state index in [0.717, 1.165) is 0 Å². The predicted octanol–water partition coefficient (Wildman–Crippen LogP) is 3.61. The average molecular weight is 304 g/mol. The lowest BCUT2D eigenvalue weighted by Gasteiger charge is -2.11. The van der Waals surface area contributed by atoms with Crippen LogP contribution in [-0.2, 0) is 6.18 Å². The van der Waals surface area contributed by atoms with E-state index < -0.39 is 29.6 Å². The highest BCUT2D eigenvalue weighted by molar-refractivity contribution is 9.10. The van der Waals surface area contributed by atoms with Gasteiger partial charge in [0.2, 0.25) is 0 Å². The molecule has 0 saturated carbocycles. The van der Waals surface area contributed by atoms with Gasteiger partial charge < -0.3 is 0 Å². The minimum Gasteiger partial charge on any atom is -0.298 e. The third-order valence-corrected chi connectivity index (χ3v) is 2.29.